The molecule has 0 saturated carbocycles. The summed E-state index contributed by atoms with van der Waals surface area (Å²) < 4.78 is 1.98. The number of hydrogen-bond donors (Lipinski definition) is 1. The van der Waals surface area contributed by atoms with Crippen molar-refractivity contribution in [1.29, 1.82) is 0 Å². The highest BCUT2D eigenvalue weighted by atomic mass is 16.1. The first-order valence-electron chi connectivity index (χ1n) is 6.73. The first-order chi connectivity index (χ1) is 8.58. The van der Waals surface area contributed by atoms with Crippen LogP contribution in [0.15, 0.2) is 10.9 Å². The summed E-state index contributed by atoms with van der Waals surface area (Å²) in [5, 5.41) is 0. The van der Waals surface area contributed by atoms with Gasteiger partial charge in [0.25, 0.3) is 5.56 Å². The monoisotopic (exact) mass is 249 g/mol. The lowest BCUT2D eigenvalue weighted by atomic mass is 10.0. The molecule has 2 N–H and O–H groups in total. The highest BCUT2D eigenvalue weighted by molar-refractivity contribution is 5.29. The molecule has 0 saturated heterocycles. The Hall–Kier alpha value is -1.13. The first kappa shape index (κ1) is 13.3. The van der Waals surface area contributed by atoms with E-state index in [9.17, 15) is 4.79 Å². The van der Waals surface area contributed by atoms with Gasteiger partial charge in [-0.3, -0.25) is 4.79 Å². The van der Waals surface area contributed by atoms with Crippen LogP contribution >= 0.6 is 0 Å². The first-order valence-corrected chi connectivity index (χ1v) is 6.73. The Kier molecular flexibility index (Phi) is 3.88. The lowest BCUT2D eigenvalue weighted by molar-refractivity contribution is 0.299. The van der Waals surface area contributed by atoms with Gasteiger partial charge in [0.1, 0.15) is 0 Å². The Balaban J connectivity index is 2.62. The Bertz CT molecular complexity index is 493. The van der Waals surface area contributed by atoms with E-state index in [1.54, 1.807) is 0 Å². The van der Waals surface area contributed by atoms with Crippen molar-refractivity contribution in [2.75, 3.05) is 13.6 Å². The fourth-order valence-corrected chi connectivity index (χ4v) is 2.67. The van der Waals surface area contributed by atoms with E-state index in [0.29, 0.717) is 6.54 Å². The molecule has 1 atom stereocenters. The zero-order valence-electron chi connectivity index (χ0n) is 11.6. The topological polar surface area (TPSA) is 51.3 Å². The van der Waals surface area contributed by atoms with Crippen molar-refractivity contribution in [1.82, 2.24) is 9.47 Å². The van der Waals surface area contributed by atoms with Gasteiger partial charge in [-0.1, -0.05) is 6.92 Å². The summed E-state index contributed by atoms with van der Waals surface area (Å²) in [7, 11) is 2.11. The van der Waals surface area contributed by atoms with Gasteiger partial charge in [-0.05, 0) is 32.0 Å². The average Bonchev–Trinajstić information content (AvgIpc) is 2.37. The number of nitrogens with two attached hydrogens (primary N) is 1. The molecule has 1 aromatic rings. The third-order valence-corrected chi connectivity index (χ3v) is 3.93. The van der Waals surface area contributed by atoms with Crippen LogP contribution in [-0.4, -0.2) is 23.1 Å². The lowest BCUT2D eigenvalue weighted by Crippen LogP contribution is -2.37. The number of likely N-dealkylation sites (N-methyl/N-ethyl adjacent to an activating group) is 1. The molecule has 1 aliphatic heterocycles. The van der Waals surface area contributed by atoms with Crippen LogP contribution in [-0.2, 0) is 19.5 Å². The van der Waals surface area contributed by atoms with Gasteiger partial charge in [0, 0.05) is 43.4 Å². The minimum Gasteiger partial charge on any atom is -0.326 e. The molecule has 0 aromatic carbocycles. The summed E-state index contributed by atoms with van der Waals surface area (Å²) in [6.45, 7) is 6.49. The van der Waals surface area contributed by atoms with Crippen molar-refractivity contribution in [3.05, 3.63) is 33.2 Å². The molecular formula is C14H23N3O. The summed E-state index contributed by atoms with van der Waals surface area (Å²) in [4.78, 5) is 14.7. The molecule has 1 aromatic heterocycles. The average molecular weight is 249 g/mol. The number of rotatable bonds is 3. The van der Waals surface area contributed by atoms with E-state index in [1.807, 2.05) is 10.6 Å². The molecule has 0 spiro atoms. The molecule has 0 amide bonds. The lowest BCUT2D eigenvalue weighted by Gasteiger charge is -2.30. The Morgan fingerprint density at radius 3 is 2.83 bits per heavy atom. The molecule has 0 aliphatic carbocycles. The molecule has 1 aliphatic rings. The van der Waals surface area contributed by atoms with Gasteiger partial charge in [0.05, 0.1) is 0 Å². The van der Waals surface area contributed by atoms with Gasteiger partial charge in [-0.25, -0.2) is 0 Å². The van der Waals surface area contributed by atoms with E-state index in [1.165, 1.54) is 11.3 Å². The molecule has 100 valence electrons. The quantitative estimate of drug-likeness (QED) is 0.877. The van der Waals surface area contributed by atoms with Gasteiger partial charge in [0.2, 0.25) is 0 Å². The largest absolute Gasteiger partial charge is 0.326 e. The molecule has 1 unspecified atom stereocenters. The Morgan fingerprint density at radius 2 is 2.22 bits per heavy atom. The van der Waals surface area contributed by atoms with Crippen molar-refractivity contribution < 1.29 is 0 Å². The fourth-order valence-electron chi connectivity index (χ4n) is 2.67. The van der Waals surface area contributed by atoms with E-state index >= 15 is 0 Å². The SMILES string of the molecule is CCC(C)n1c2c(cc(CN)c1=O)CN(C)CC2. The van der Waals surface area contributed by atoms with Crippen molar-refractivity contribution in [2.24, 2.45) is 5.73 Å². The Labute approximate surface area is 108 Å². The molecule has 0 bridgehead atoms. The number of fused-ring (bicyclic) bond motifs is 1. The Morgan fingerprint density at radius 1 is 1.50 bits per heavy atom. The van der Waals surface area contributed by atoms with Crippen molar-refractivity contribution in [3.63, 3.8) is 0 Å². The maximum Gasteiger partial charge on any atom is 0.255 e. The van der Waals surface area contributed by atoms with E-state index in [2.05, 4.69) is 25.8 Å². The summed E-state index contributed by atoms with van der Waals surface area (Å²) in [5.41, 5.74) is 9.03. The zero-order chi connectivity index (χ0) is 13.3. The van der Waals surface area contributed by atoms with Crippen molar-refractivity contribution >= 4 is 0 Å². The van der Waals surface area contributed by atoms with Crippen LogP contribution in [0.25, 0.3) is 0 Å². The second kappa shape index (κ2) is 5.24. The van der Waals surface area contributed by atoms with Gasteiger partial charge >= 0.3 is 0 Å². The van der Waals surface area contributed by atoms with Crippen LogP contribution in [0, 0.1) is 0 Å². The molecule has 4 nitrogen and oxygen atoms in total. The third kappa shape index (κ3) is 2.22. The second-order valence-corrected chi connectivity index (χ2v) is 5.27. The molecule has 0 radical (unpaired) electrons. The standard InChI is InChI=1S/C14H23N3O/c1-4-10(2)17-13-5-6-16(3)9-12(13)7-11(8-15)14(17)18/h7,10H,4-6,8-9,15H2,1-3H3. The summed E-state index contributed by atoms with van der Waals surface area (Å²) in [5.74, 6) is 0. The number of hydrogen-bond acceptors (Lipinski definition) is 3. The van der Waals surface area contributed by atoms with E-state index in [0.717, 1.165) is 31.5 Å². The minimum absolute atomic E-state index is 0.107. The second-order valence-electron chi connectivity index (χ2n) is 5.27. The fraction of sp³-hybridized carbons (Fsp3) is 0.643. The molecule has 2 heterocycles. The normalized spacial score (nSPS) is 17.6. The highest BCUT2D eigenvalue weighted by Crippen LogP contribution is 2.21. The van der Waals surface area contributed by atoms with Crippen LogP contribution < -0.4 is 11.3 Å². The molecule has 18 heavy (non-hydrogen) atoms. The van der Waals surface area contributed by atoms with Crippen LogP contribution in [0.2, 0.25) is 0 Å². The van der Waals surface area contributed by atoms with Crippen LogP contribution in [0.3, 0.4) is 0 Å². The molecule has 0 fully saturated rings. The minimum atomic E-state index is 0.107. The number of nitrogens with zero attached hydrogens (tertiary/aromatic N) is 2. The predicted molar refractivity (Wildman–Crippen MR) is 73.6 cm³/mol. The van der Waals surface area contributed by atoms with Gasteiger partial charge in [0.15, 0.2) is 0 Å². The third-order valence-electron chi connectivity index (χ3n) is 3.93. The maximum absolute atomic E-state index is 12.4. The summed E-state index contributed by atoms with van der Waals surface area (Å²) in [6.07, 6.45) is 1.92. The predicted octanol–water partition coefficient (Wildman–Crippen LogP) is 1.27. The molecule has 4 heteroatoms. The number of aromatic nitrogens is 1. The van der Waals surface area contributed by atoms with Crippen LogP contribution in [0.5, 0.6) is 0 Å². The van der Waals surface area contributed by atoms with Crippen molar-refractivity contribution in [2.45, 2.75) is 45.8 Å². The zero-order valence-corrected chi connectivity index (χ0v) is 11.6. The van der Waals surface area contributed by atoms with Crippen LogP contribution in [0.1, 0.15) is 43.1 Å². The summed E-state index contributed by atoms with van der Waals surface area (Å²) in [6, 6.07) is 2.26. The van der Waals surface area contributed by atoms with E-state index in [4.69, 9.17) is 5.73 Å². The number of pyridine rings is 1. The summed E-state index contributed by atoms with van der Waals surface area (Å²) >= 11 is 0. The molecular weight excluding hydrogens is 226 g/mol. The maximum atomic E-state index is 12.4. The van der Waals surface area contributed by atoms with E-state index in [-0.39, 0.29) is 11.6 Å². The van der Waals surface area contributed by atoms with Crippen molar-refractivity contribution in [3.8, 4) is 0 Å². The molecule has 2 rings (SSSR count). The van der Waals surface area contributed by atoms with Gasteiger partial charge in [-0.15, -0.1) is 0 Å². The highest BCUT2D eigenvalue weighted by Gasteiger charge is 2.21. The smallest absolute Gasteiger partial charge is 0.255 e. The van der Waals surface area contributed by atoms with E-state index < -0.39 is 0 Å². The van der Waals surface area contributed by atoms with Gasteiger partial charge in [-0.2, -0.15) is 0 Å². The van der Waals surface area contributed by atoms with Crippen LogP contribution in [0.4, 0.5) is 0 Å². The van der Waals surface area contributed by atoms with Gasteiger partial charge < -0.3 is 15.2 Å².